The number of aliphatic imine (C=N–C) groups is 1. The number of nitrogens with zero attached hydrogens (tertiary/aromatic N) is 3. The number of amides is 2. The van der Waals surface area contributed by atoms with E-state index in [1.165, 1.54) is 35.1 Å². The quantitative estimate of drug-likeness (QED) is 0.365. The van der Waals surface area contributed by atoms with E-state index in [-0.39, 0.29) is 17.6 Å². The van der Waals surface area contributed by atoms with Crippen molar-refractivity contribution >= 4 is 63.4 Å². The molecule has 32 heavy (non-hydrogen) atoms. The SMILES string of the molecule is C=CCN(CC=C)C(=O)CSC1=N/C(=C/c2cccs2)C(=O)N1c1ccc(OC)c(Cl)c1. The van der Waals surface area contributed by atoms with Gasteiger partial charge in [-0.2, -0.15) is 0 Å². The van der Waals surface area contributed by atoms with Crippen LogP contribution in [0.15, 0.2) is 71.7 Å². The molecule has 0 spiro atoms. The van der Waals surface area contributed by atoms with E-state index in [0.29, 0.717) is 40.4 Å². The molecule has 2 aromatic rings. The van der Waals surface area contributed by atoms with Crippen molar-refractivity contribution in [2.45, 2.75) is 0 Å². The molecule has 0 unspecified atom stereocenters. The van der Waals surface area contributed by atoms with Crippen LogP contribution in [-0.4, -0.2) is 47.8 Å². The van der Waals surface area contributed by atoms with Gasteiger partial charge < -0.3 is 9.64 Å². The van der Waals surface area contributed by atoms with Gasteiger partial charge in [0.15, 0.2) is 5.17 Å². The van der Waals surface area contributed by atoms with Crippen LogP contribution in [0.3, 0.4) is 0 Å². The summed E-state index contributed by atoms with van der Waals surface area (Å²) < 4.78 is 5.21. The van der Waals surface area contributed by atoms with Gasteiger partial charge in [-0.25, -0.2) is 4.99 Å². The molecule has 0 atom stereocenters. The van der Waals surface area contributed by atoms with Gasteiger partial charge in [0, 0.05) is 18.0 Å². The average molecular weight is 488 g/mol. The Kier molecular flexibility index (Phi) is 8.33. The molecular formula is C23H22ClN3O3S2. The van der Waals surface area contributed by atoms with E-state index in [1.807, 2.05) is 17.5 Å². The monoisotopic (exact) mass is 487 g/mol. The van der Waals surface area contributed by atoms with Gasteiger partial charge in [-0.3, -0.25) is 14.5 Å². The van der Waals surface area contributed by atoms with Crippen LogP contribution in [0, 0.1) is 0 Å². The summed E-state index contributed by atoms with van der Waals surface area (Å²) in [6.45, 7) is 8.21. The fourth-order valence-corrected chi connectivity index (χ4v) is 4.75. The Bertz CT molecular complexity index is 1070. The second-order valence-electron chi connectivity index (χ2n) is 6.56. The minimum absolute atomic E-state index is 0.103. The lowest BCUT2D eigenvalue weighted by molar-refractivity contribution is -0.127. The van der Waals surface area contributed by atoms with E-state index >= 15 is 0 Å². The Morgan fingerprint density at radius 2 is 2.06 bits per heavy atom. The third-order valence-electron chi connectivity index (χ3n) is 4.42. The smallest absolute Gasteiger partial charge is 0.283 e. The Morgan fingerprint density at radius 3 is 2.66 bits per heavy atom. The first-order valence-corrected chi connectivity index (χ1v) is 11.9. The zero-order valence-electron chi connectivity index (χ0n) is 17.5. The highest BCUT2D eigenvalue weighted by atomic mass is 35.5. The molecule has 0 bridgehead atoms. The third-order valence-corrected chi connectivity index (χ3v) is 6.46. The van der Waals surface area contributed by atoms with Crippen molar-refractivity contribution in [1.29, 1.82) is 0 Å². The number of benzene rings is 1. The molecule has 2 heterocycles. The average Bonchev–Trinajstić information content (AvgIpc) is 3.40. The van der Waals surface area contributed by atoms with Crippen LogP contribution in [0.4, 0.5) is 5.69 Å². The van der Waals surface area contributed by atoms with Crippen molar-refractivity contribution in [2.75, 3.05) is 30.9 Å². The lowest BCUT2D eigenvalue weighted by atomic mass is 10.2. The molecular weight excluding hydrogens is 466 g/mol. The molecule has 2 amide bonds. The largest absolute Gasteiger partial charge is 0.495 e. The predicted molar refractivity (Wildman–Crippen MR) is 135 cm³/mol. The van der Waals surface area contributed by atoms with Crippen LogP contribution in [0.2, 0.25) is 5.02 Å². The van der Waals surface area contributed by atoms with E-state index in [4.69, 9.17) is 16.3 Å². The van der Waals surface area contributed by atoms with Crippen LogP contribution in [-0.2, 0) is 9.59 Å². The summed E-state index contributed by atoms with van der Waals surface area (Å²) in [5.74, 6) is 0.222. The number of amidine groups is 1. The maximum Gasteiger partial charge on any atom is 0.283 e. The molecule has 1 aliphatic heterocycles. The number of thioether (sulfide) groups is 1. The first-order valence-electron chi connectivity index (χ1n) is 9.62. The number of ether oxygens (including phenoxy) is 1. The molecule has 166 valence electrons. The summed E-state index contributed by atoms with van der Waals surface area (Å²) in [6, 6.07) is 8.88. The van der Waals surface area contributed by atoms with E-state index in [2.05, 4.69) is 18.2 Å². The maximum atomic E-state index is 13.2. The molecule has 0 aliphatic carbocycles. The molecule has 0 fully saturated rings. The van der Waals surface area contributed by atoms with Crippen LogP contribution in [0.1, 0.15) is 4.88 Å². The van der Waals surface area contributed by atoms with Gasteiger partial charge in [0.1, 0.15) is 11.4 Å². The summed E-state index contributed by atoms with van der Waals surface area (Å²) in [4.78, 5) is 34.5. The molecule has 1 aromatic heterocycles. The summed E-state index contributed by atoms with van der Waals surface area (Å²) in [5.41, 5.74) is 0.839. The Hall–Kier alpha value is -2.81. The minimum atomic E-state index is -0.288. The van der Waals surface area contributed by atoms with Crippen LogP contribution in [0.5, 0.6) is 5.75 Å². The van der Waals surface area contributed by atoms with E-state index in [9.17, 15) is 9.59 Å². The highest BCUT2D eigenvalue weighted by Gasteiger charge is 2.33. The first kappa shape index (κ1) is 23.8. The zero-order valence-corrected chi connectivity index (χ0v) is 19.9. The number of carbonyl (C=O) groups is 2. The van der Waals surface area contributed by atoms with Gasteiger partial charge in [0.25, 0.3) is 5.91 Å². The highest BCUT2D eigenvalue weighted by Crippen LogP contribution is 2.34. The van der Waals surface area contributed by atoms with E-state index in [0.717, 1.165) is 4.88 Å². The highest BCUT2D eigenvalue weighted by molar-refractivity contribution is 8.14. The van der Waals surface area contributed by atoms with Gasteiger partial charge in [-0.05, 0) is 35.7 Å². The standard InChI is InChI=1S/C23H22ClN3O3S2/c1-4-10-26(11-5-2)21(28)15-32-23-25-19(14-17-7-6-12-31-17)22(29)27(23)16-8-9-20(30-3)18(24)13-16/h4-9,12-14H,1-2,10-11,15H2,3H3/b19-14+. The number of carbonyl (C=O) groups excluding carboxylic acids is 2. The Labute approximate surface area is 200 Å². The van der Waals surface area contributed by atoms with Gasteiger partial charge in [-0.1, -0.05) is 41.6 Å². The van der Waals surface area contributed by atoms with Gasteiger partial charge in [-0.15, -0.1) is 24.5 Å². The number of hydrogen-bond acceptors (Lipinski definition) is 6. The Balaban J connectivity index is 1.90. The van der Waals surface area contributed by atoms with Gasteiger partial charge in [0.05, 0.1) is 23.6 Å². The van der Waals surface area contributed by atoms with Gasteiger partial charge >= 0.3 is 0 Å². The maximum absolute atomic E-state index is 13.2. The fourth-order valence-electron chi connectivity index (χ4n) is 2.93. The minimum Gasteiger partial charge on any atom is -0.495 e. The summed E-state index contributed by atoms with van der Waals surface area (Å²) in [5, 5.41) is 2.71. The predicted octanol–water partition coefficient (Wildman–Crippen LogP) is 5.09. The number of thiophene rings is 1. The second kappa shape index (κ2) is 11.2. The molecule has 0 saturated carbocycles. The van der Waals surface area contributed by atoms with Crippen molar-refractivity contribution in [2.24, 2.45) is 4.99 Å². The zero-order chi connectivity index (χ0) is 23.1. The number of hydrogen-bond donors (Lipinski definition) is 0. The number of anilines is 1. The van der Waals surface area contributed by atoms with Crippen molar-refractivity contribution in [3.63, 3.8) is 0 Å². The van der Waals surface area contributed by atoms with Crippen LogP contribution in [0.25, 0.3) is 6.08 Å². The summed E-state index contributed by atoms with van der Waals surface area (Å²) in [6.07, 6.45) is 5.06. The van der Waals surface area contributed by atoms with Gasteiger partial charge in [0.2, 0.25) is 5.91 Å². The summed E-state index contributed by atoms with van der Waals surface area (Å²) in [7, 11) is 1.52. The van der Waals surface area contributed by atoms with E-state index < -0.39 is 0 Å². The number of halogens is 1. The summed E-state index contributed by atoms with van der Waals surface area (Å²) >= 11 is 9.00. The third kappa shape index (κ3) is 5.51. The lowest BCUT2D eigenvalue weighted by Gasteiger charge is -2.21. The number of methoxy groups -OCH3 is 1. The Morgan fingerprint density at radius 1 is 1.31 bits per heavy atom. The lowest BCUT2D eigenvalue weighted by Crippen LogP contribution is -2.35. The van der Waals surface area contributed by atoms with Crippen molar-refractivity contribution in [3.05, 3.63) is 76.6 Å². The molecule has 1 aromatic carbocycles. The fraction of sp³-hybridized carbons (Fsp3) is 0.174. The van der Waals surface area contributed by atoms with E-state index in [1.54, 1.807) is 41.3 Å². The molecule has 0 N–H and O–H groups in total. The molecule has 0 saturated heterocycles. The topological polar surface area (TPSA) is 62.2 Å². The van der Waals surface area contributed by atoms with Crippen molar-refractivity contribution in [3.8, 4) is 5.75 Å². The molecule has 0 radical (unpaired) electrons. The molecule has 3 rings (SSSR count). The van der Waals surface area contributed by atoms with Crippen LogP contribution < -0.4 is 9.64 Å². The van der Waals surface area contributed by atoms with Crippen LogP contribution >= 0.6 is 34.7 Å². The van der Waals surface area contributed by atoms with Crippen molar-refractivity contribution in [1.82, 2.24) is 4.90 Å². The molecule has 6 nitrogen and oxygen atoms in total. The normalized spacial score (nSPS) is 14.4. The van der Waals surface area contributed by atoms with Crippen molar-refractivity contribution < 1.29 is 14.3 Å². The number of rotatable bonds is 9. The molecule has 9 heteroatoms. The first-order chi connectivity index (χ1) is 15.5. The molecule has 1 aliphatic rings. The second-order valence-corrected chi connectivity index (χ2v) is 8.89.